The first kappa shape index (κ1) is 16.8. The zero-order valence-corrected chi connectivity index (χ0v) is 13.9. The summed E-state index contributed by atoms with van der Waals surface area (Å²) in [6.07, 6.45) is 2.89. The highest BCUT2D eigenvalue weighted by molar-refractivity contribution is 6.29. The molecule has 0 saturated heterocycles. The molecule has 0 saturated carbocycles. The molecule has 6 heteroatoms. The van der Waals surface area contributed by atoms with Crippen molar-refractivity contribution >= 4 is 29.2 Å². The third-order valence-electron chi connectivity index (χ3n) is 3.20. The molecular formula is C16H22ClN3O2. The van der Waals surface area contributed by atoms with E-state index in [0.29, 0.717) is 16.7 Å². The average molecular weight is 324 g/mol. The van der Waals surface area contributed by atoms with Crippen LogP contribution in [0.2, 0.25) is 5.15 Å². The van der Waals surface area contributed by atoms with Crippen LogP contribution in [0.5, 0.6) is 0 Å². The van der Waals surface area contributed by atoms with Gasteiger partial charge in [-0.2, -0.15) is 0 Å². The number of hydrogen-bond donors (Lipinski definition) is 3. The highest BCUT2D eigenvalue weighted by atomic mass is 35.5. The van der Waals surface area contributed by atoms with Gasteiger partial charge in [0.25, 0.3) is 0 Å². The number of fused-ring (bicyclic) bond motifs is 1. The maximum absolute atomic E-state index is 9.66. The number of nitrogens with one attached hydrogen (secondary N) is 1. The molecule has 0 aliphatic carbocycles. The highest BCUT2D eigenvalue weighted by Crippen LogP contribution is 2.35. The molecule has 1 atom stereocenters. The van der Waals surface area contributed by atoms with Crippen molar-refractivity contribution in [3.8, 4) is 0 Å². The van der Waals surface area contributed by atoms with Crippen molar-refractivity contribution in [2.24, 2.45) is 0 Å². The van der Waals surface area contributed by atoms with Crippen LogP contribution in [-0.4, -0.2) is 44.9 Å². The van der Waals surface area contributed by atoms with E-state index in [2.05, 4.69) is 16.9 Å². The Kier molecular flexibility index (Phi) is 4.80. The molecule has 0 aromatic carbocycles. The summed E-state index contributed by atoms with van der Waals surface area (Å²) in [7, 11) is 0. The summed E-state index contributed by atoms with van der Waals surface area (Å²) >= 11 is 6.10. The van der Waals surface area contributed by atoms with Crippen molar-refractivity contribution in [3.63, 3.8) is 0 Å². The summed E-state index contributed by atoms with van der Waals surface area (Å²) in [5, 5.41) is 22.4. The molecule has 1 aliphatic heterocycles. The standard InChI is InChI=1S/C16H22ClN3O2/c1-10-14-11(5-6-20(10)8-12(22)9-21)7-13(17)18-15(14)19-16(2,3)4/h5-7,12,21-22H,1,8-9H2,2-4H3,(H,18,19). The second-order valence-electron chi connectivity index (χ2n) is 6.38. The number of rotatable bonds is 4. The van der Waals surface area contributed by atoms with Crippen LogP contribution in [0, 0.1) is 0 Å². The number of pyridine rings is 1. The molecule has 22 heavy (non-hydrogen) atoms. The molecule has 0 bridgehead atoms. The van der Waals surface area contributed by atoms with E-state index < -0.39 is 6.10 Å². The predicted octanol–water partition coefficient (Wildman–Crippen LogP) is 2.56. The van der Waals surface area contributed by atoms with Gasteiger partial charge >= 0.3 is 0 Å². The zero-order valence-electron chi connectivity index (χ0n) is 13.1. The summed E-state index contributed by atoms with van der Waals surface area (Å²) in [6, 6.07) is 1.78. The number of hydrogen-bond acceptors (Lipinski definition) is 5. The maximum atomic E-state index is 9.66. The Bertz CT molecular complexity index is 608. The molecule has 2 heterocycles. The second-order valence-corrected chi connectivity index (χ2v) is 6.77. The average Bonchev–Trinajstić information content (AvgIpc) is 2.39. The minimum atomic E-state index is -0.831. The molecule has 1 aromatic heterocycles. The van der Waals surface area contributed by atoms with Crippen LogP contribution in [0.15, 0.2) is 18.8 Å². The van der Waals surface area contributed by atoms with E-state index in [4.69, 9.17) is 16.7 Å². The number of aliphatic hydroxyl groups excluding tert-OH is 2. The Hall–Kier alpha value is -1.56. The van der Waals surface area contributed by atoms with Gasteiger partial charge in [-0.3, -0.25) is 0 Å². The van der Waals surface area contributed by atoms with Crippen LogP contribution in [-0.2, 0) is 0 Å². The van der Waals surface area contributed by atoms with Gasteiger partial charge in [0.05, 0.1) is 19.3 Å². The van der Waals surface area contributed by atoms with Gasteiger partial charge in [-0.1, -0.05) is 18.2 Å². The van der Waals surface area contributed by atoms with Gasteiger partial charge in [-0.25, -0.2) is 4.98 Å². The number of anilines is 1. The highest BCUT2D eigenvalue weighted by Gasteiger charge is 2.24. The molecular weight excluding hydrogens is 302 g/mol. The fourth-order valence-corrected chi connectivity index (χ4v) is 2.47. The van der Waals surface area contributed by atoms with Gasteiger partial charge in [0.15, 0.2) is 0 Å². The largest absolute Gasteiger partial charge is 0.394 e. The third-order valence-corrected chi connectivity index (χ3v) is 3.39. The Morgan fingerprint density at radius 1 is 1.45 bits per heavy atom. The molecule has 3 N–H and O–H groups in total. The summed E-state index contributed by atoms with van der Waals surface area (Å²) < 4.78 is 0. The predicted molar refractivity (Wildman–Crippen MR) is 90.5 cm³/mol. The molecule has 1 unspecified atom stereocenters. The minimum absolute atomic E-state index is 0.178. The van der Waals surface area contributed by atoms with Crippen LogP contribution in [0.25, 0.3) is 11.8 Å². The first-order chi connectivity index (χ1) is 10.2. The Morgan fingerprint density at radius 3 is 2.73 bits per heavy atom. The number of aromatic nitrogens is 1. The zero-order chi connectivity index (χ0) is 16.5. The van der Waals surface area contributed by atoms with Crippen LogP contribution >= 0.6 is 11.6 Å². The molecule has 0 fully saturated rings. The molecule has 5 nitrogen and oxygen atoms in total. The van der Waals surface area contributed by atoms with Crippen molar-refractivity contribution in [2.45, 2.75) is 32.4 Å². The summed E-state index contributed by atoms with van der Waals surface area (Å²) in [4.78, 5) is 6.18. The molecule has 0 spiro atoms. The van der Waals surface area contributed by atoms with Crippen molar-refractivity contribution in [1.29, 1.82) is 0 Å². The fraction of sp³-hybridized carbons (Fsp3) is 0.438. The smallest absolute Gasteiger partial charge is 0.138 e. The fourth-order valence-electron chi connectivity index (χ4n) is 2.27. The first-order valence-electron chi connectivity index (χ1n) is 7.13. The summed E-state index contributed by atoms with van der Waals surface area (Å²) in [5.41, 5.74) is 2.31. The van der Waals surface area contributed by atoms with Crippen LogP contribution in [0.3, 0.4) is 0 Å². The normalized spacial score (nSPS) is 15.7. The minimum Gasteiger partial charge on any atom is -0.394 e. The number of nitrogens with zero attached hydrogens (tertiary/aromatic N) is 2. The topological polar surface area (TPSA) is 68.6 Å². The SMILES string of the molecule is C=C1c2c(cc(Cl)nc2NC(C)(C)C)C=CN1CC(O)CO. The lowest BCUT2D eigenvalue weighted by molar-refractivity contribution is 0.0821. The van der Waals surface area contributed by atoms with E-state index in [-0.39, 0.29) is 18.7 Å². The molecule has 2 rings (SSSR count). The number of β-amino-alcohol motifs (C(OH)–C–C–N with tert-alkyl or cyclic N) is 1. The van der Waals surface area contributed by atoms with Gasteiger partial charge in [-0.05, 0) is 38.5 Å². The van der Waals surface area contributed by atoms with Crippen molar-refractivity contribution in [2.75, 3.05) is 18.5 Å². The maximum Gasteiger partial charge on any atom is 0.138 e. The Labute approximate surface area is 135 Å². The molecule has 120 valence electrons. The van der Waals surface area contributed by atoms with Gasteiger partial charge in [0, 0.05) is 23.0 Å². The van der Waals surface area contributed by atoms with Crippen molar-refractivity contribution < 1.29 is 10.2 Å². The van der Waals surface area contributed by atoms with Gasteiger partial charge < -0.3 is 20.4 Å². The molecule has 0 radical (unpaired) electrons. The van der Waals surface area contributed by atoms with E-state index >= 15 is 0 Å². The lowest BCUT2D eigenvalue weighted by Gasteiger charge is -2.32. The first-order valence-corrected chi connectivity index (χ1v) is 7.51. The van der Waals surface area contributed by atoms with Gasteiger partial charge in [0.1, 0.15) is 11.0 Å². The van der Waals surface area contributed by atoms with E-state index in [9.17, 15) is 5.11 Å². The van der Waals surface area contributed by atoms with Crippen molar-refractivity contribution in [1.82, 2.24) is 9.88 Å². The quantitative estimate of drug-likeness (QED) is 0.743. The monoisotopic (exact) mass is 323 g/mol. The van der Waals surface area contributed by atoms with E-state index in [1.807, 2.05) is 33.0 Å². The van der Waals surface area contributed by atoms with E-state index in [1.54, 1.807) is 11.0 Å². The number of halogens is 1. The molecule has 1 aliphatic rings. The summed E-state index contributed by atoms with van der Waals surface area (Å²) in [5.74, 6) is 0.660. The Balaban J connectivity index is 2.41. The van der Waals surface area contributed by atoms with Crippen molar-refractivity contribution in [3.05, 3.63) is 35.1 Å². The van der Waals surface area contributed by atoms with E-state index in [0.717, 1.165) is 11.1 Å². The molecule has 0 amide bonds. The third kappa shape index (κ3) is 3.80. The second kappa shape index (κ2) is 6.28. The van der Waals surface area contributed by atoms with Gasteiger partial charge in [-0.15, -0.1) is 0 Å². The van der Waals surface area contributed by atoms with Crippen LogP contribution in [0.4, 0.5) is 5.82 Å². The van der Waals surface area contributed by atoms with Gasteiger partial charge in [0.2, 0.25) is 0 Å². The summed E-state index contributed by atoms with van der Waals surface area (Å²) in [6.45, 7) is 10.2. The number of aliphatic hydroxyl groups is 2. The molecule has 1 aromatic rings. The lowest BCUT2D eigenvalue weighted by Crippen LogP contribution is -2.32. The lowest BCUT2D eigenvalue weighted by atomic mass is 10.0. The van der Waals surface area contributed by atoms with Crippen LogP contribution in [0.1, 0.15) is 31.9 Å². The van der Waals surface area contributed by atoms with Crippen LogP contribution < -0.4 is 5.32 Å². The Morgan fingerprint density at radius 2 is 2.14 bits per heavy atom. The van der Waals surface area contributed by atoms with E-state index in [1.165, 1.54) is 0 Å².